The zero-order valence-electron chi connectivity index (χ0n) is 8.21. The van der Waals surface area contributed by atoms with Crippen molar-refractivity contribution in [2.45, 2.75) is 26.6 Å². The van der Waals surface area contributed by atoms with Gasteiger partial charge in [0.2, 0.25) is 0 Å². The van der Waals surface area contributed by atoms with Crippen molar-refractivity contribution in [3.63, 3.8) is 0 Å². The monoisotopic (exact) mass is 180 g/mol. The van der Waals surface area contributed by atoms with Crippen LogP contribution in [0.1, 0.15) is 25.3 Å². The van der Waals surface area contributed by atoms with E-state index < -0.39 is 6.92 Å². The molecule has 0 aromatic heterocycles. The Labute approximate surface area is 78.7 Å². The lowest BCUT2D eigenvalue weighted by molar-refractivity contribution is 0.590. The van der Waals surface area contributed by atoms with E-state index in [1.54, 1.807) is 19.0 Å². The van der Waals surface area contributed by atoms with Gasteiger partial charge < -0.3 is 5.02 Å². The predicted octanol–water partition coefficient (Wildman–Crippen LogP) is 1.77. The van der Waals surface area contributed by atoms with E-state index in [2.05, 4.69) is 0 Å². The van der Waals surface area contributed by atoms with Crippen molar-refractivity contribution in [2.24, 2.45) is 0 Å². The quantitative estimate of drug-likeness (QED) is 0.687. The van der Waals surface area contributed by atoms with Crippen LogP contribution in [0, 0.1) is 5.82 Å². The van der Waals surface area contributed by atoms with Crippen molar-refractivity contribution in [2.75, 3.05) is 0 Å². The lowest BCUT2D eigenvalue weighted by Crippen LogP contribution is -2.26. The first-order chi connectivity index (χ1) is 6.02. The number of benzene rings is 1. The molecule has 0 bridgehead atoms. The summed E-state index contributed by atoms with van der Waals surface area (Å²) in [6.45, 7) is 5.02. The van der Waals surface area contributed by atoms with E-state index in [1.807, 2.05) is 13.8 Å². The highest BCUT2D eigenvalue weighted by Gasteiger charge is 2.11. The second-order valence-corrected chi connectivity index (χ2v) is 3.61. The molecule has 0 radical (unpaired) electrons. The average Bonchev–Trinajstić information content (AvgIpc) is 2.04. The summed E-state index contributed by atoms with van der Waals surface area (Å²) in [4.78, 5) is 0. The molecule has 0 aliphatic rings. The third-order valence-electron chi connectivity index (χ3n) is 2.12. The molecular formula is C10H14BFO. The second-order valence-electron chi connectivity index (χ2n) is 3.61. The van der Waals surface area contributed by atoms with Gasteiger partial charge in [-0.2, -0.15) is 0 Å². The van der Waals surface area contributed by atoms with Gasteiger partial charge in [-0.05, 0) is 23.0 Å². The van der Waals surface area contributed by atoms with E-state index in [0.717, 1.165) is 5.46 Å². The zero-order valence-corrected chi connectivity index (χ0v) is 8.21. The van der Waals surface area contributed by atoms with Crippen molar-refractivity contribution >= 4 is 12.4 Å². The normalized spacial score (nSPS) is 10.6. The molecule has 1 aromatic rings. The molecule has 0 heterocycles. The summed E-state index contributed by atoms with van der Waals surface area (Å²) in [5.41, 5.74) is 1.43. The third-order valence-corrected chi connectivity index (χ3v) is 2.12. The van der Waals surface area contributed by atoms with Crippen LogP contribution in [0.15, 0.2) is 18.2 Å². The van der Waals surface area contributed by atoms with E-state index in [-0.39, 0.29) is 11.7 Å². The molecule has 0 spiro atoms. The summed E-state index contributed by atoms with van der Waals surface area (Å²) in [7, 11) is 0. The fourth-order valence-electron chi connectivity index (χ4n) is 1.26. The van der Waals surface area contributed by atoms with E-state index >= 15 is 0 Å². The minimum Gasteiger partial charge on any atom is -0.447 e. The largest absolute Gasteiger partial charge is 0.447 e. The molecule has 1 N–H and O–H groups in total. The van der Waals surface area contributed by atoms with Gasteiger partial charge in [0.05, 0.1) is 0 Å². The molecule has 1 rings (SSSR count). The van der Waals surface area contributed by atoms with Crippen molar-refractivity contribution in [3.05, 3.63) is 29.6 Å². The molecule has 70 valence electrons. The summed E-state index contributed by atoms with van der Waals surface area (Å²) in [6, 6.07) is 4.76. The molecule has 0 saturated heterocycles. The number of halogens is 1. The highest BCUT2D eigenvalue weighted by Crippen LogP contribution is 2.16. The first kappa shape index (κ1) is 10.3. The first-order valence-corrected chi connectivity index (χ1v) is 4.49. The topological polar surface area (TPSA) is 20.2 Å². The van der Waals surface area contributed by atoms with Gasteiger partial charge in [-0.15, -0.1) is 0 Å². The highest BCUT2D eigenvalue weighted by atomic mass is 19.1. The molecule has 3 heteroatoms. The van der Waals surface area contributed by atoms with Gasteiger partial charge in [0.1, 0.15) is 5.82 Å². The molecule has 0 unspecified atom stereocenters. The molecule has 13 heavy (non-hydrogen) atoms. The molecular weight excluding hydrogens is 166 g/mol. The van der Waals surface area contributed by atoms with Gasteiger partial charge in [0.25, 0.3) is 0 Å². The fraction of sp³-hybridized carbons (Fsp3) is 0.400. The molecule has 0 saturated carbocycles. The van der Waals surface area contributed by atoms with Gasteiger partial charge in [-0.3, -0.25) is 0 Å². The van der Waals surface area contributed by atoms with Crippen LogP contribution in [-0.2, 0) is 0 Å². The van der Waals surface area contributed by atoms with Gasteiger partial charge >= 0.3 is 6.92 Å². The predicted molar refractivity (Wildman–Crippen MR) is 54.0 cm³/mol. The molecule has 0 aliphatic carbocycles. The molecule has 0 fully saturated rings. The van der Waals surface area contributed by atoms with Crippen LogP contribution in [0.5, 0.6) is 0 Å². The first-order valence-electron chi connectivity index (χ1n) is 4.49. The van der Waals surface area contributed by atoms with Crippen LogP contribution in [-0.4, -0.2) is 11.9 Å². The maximum atomic E-state index is 13.2. The van der Waals surface area contributed by atoms with E-state index in [1.165, 1.54) is 6.07 Å². The minimum atomic E-state index is -0.530. The van der Waals surface area contributed by atoms with E-state index in [9.17, 15) is 9.41 Å². The Morgan fingerprint density at radius 2 is 2.00 bits per heavy atom. The van der Waals surface area contributed by atoms with E-state index in [4.69, 9.17) is 0 Å². The van der Waals surface area contributed by atoms with Gasteiger partial charge in [-0.25, -0.2) is 4.39 Å². The van der Waals surface area contributed by atoms with E-state index in [0.29, 0.717) is 5.56 Å². The van der Waals surface area contributed by atoms with Crippen molar-refractivity contribution < 1.29 is 9.41 Å². The van der Waals surface area contributed by atoms with Gasteiger partial charge in [-0.1, -0.05) is 32.8 Å². The summed E-state index contributed by atoms with van der Waals surface area (Å²) in [6.07, 6.45) is 0. The Kier molecular flexibility index (Phi) is 3.09. The van der Waals surface area contributed by atoms with Crippen molar-refractivity contribution in [3.8, 4) is 0 Å². The summed E-state index contributed by atoms with van der Waals surface area (Å²) >= 11 is 0. The number of rotatable bonds is 2. The fourth-order valence-corrected chi connectivity index (χ4v) is 1.26. The Bertz CT molecular complexity index is 297. The third kappa shape index (κ3) is 2.31. The number of hydrogen-bond acceptors (Lipinski definition) is 1. The smallest absolute Gasteiger partial charge is 0.320 e. The van der Waals surface area contributed by atoms with Crippen molar-refractivity contribution in [1.29, 1.82) is 0 Å². The summed E-state index contributed by atoms with van der Waals surface area (Å²) in [5.74, 6) is -0.0434. The van der Waals surface area contributed by atoms with Crippen LogP contribution in [0.4, 0.5) is 4.39 Å². The van der Waals surface area contributed by atoms with Crippen LogP contribution >= 0.6 is 0 Å². The Morgan fingerprint density at radius 1 is 1.38 bits per heavy atom. The molecule has 1 aromatic carbocycles. The number of hydrogen-bond donors (Lipinski definition) is 1. The lowest BCUT2D eigenvalue weighted by Gasteiger charge is -2.09. The Balaban J connectivity index is 3.11. The summed E-state index contributed by atoms with van der Waals surface area (Å²) in [5, 5.41) is 9.30. The lowest BCUT2D eigenvalue weighted by atomic mass is 9.64. The molecule has 0 aliphatic heterocycles. The van der Waals surface area contributed by atoms with Crippen LogP contribution in [0.25, 0.3) is 0 Å². The minimum absolute atomic E-state index is 0.152. The van der Waals surface area contributed by atoms with Gasteiger partial charge in [0.15, 0.2) is 0 Å². The van der Waals surface area contributed by atoms with Crippen LogP contribution < -0.4 is 5.46 Å². The Hall–Kier alpha value is -0.825. The van der Waals surface area contributed by atoms with Crippen molar-refractivity contribution in [1.82, 2.24) is 0 Å². The summed E-state index contributed by atoms with van der Waals surface area (Å²) < 4.78 is 13.2. The maximum Gasteiger partial charge on any atom is 0.320 e. The average molecular weight is 180 g/mol. The molecule has 0 atom stereocenters. The SMILES string of the molecule is CB(O)c1ccc(F)c(C(C)C)c1. The maximum absolute atomic E-state index is 13.2. The highest BCUT2D eigenvalue weighted by molar-refractivity contribution is 6.64. The second kappa shape index (κ2) is 3.92. The zero-order chi connectivity index (χ0) is 10.0. The van der Waals surface area contributed by atoms with Crippen LogP contribution in [0.3, 0.4) is 0 Å². The Morgan fingerprint density at radius 3 is 2.46 bits per heavy atom. The molecule has 0 amide bonds. The van der Waals surface area contributed by atoms with Gasteiger partial charge in [0, 0.05) is 0 Å². The molecule has 1 nitrogen and oxygen atoms in total. The van der Waals surface area contributed by atoms with Crippen LogP contribution in [0.2, 0.25) is 6.82 Å². The standard InChI is InChI=1S/C10H14BFO/c1-7(2)9-6-8(11(3)13)4-5-10(9)12/h4-7,13H,1-3H3.